The van der Waals surface area contributed by atoms with Crippen LogP contribution in [0, 0.1) is 12.7 Å². The molecular formula is C23H21FN4O4S. The second kappa shape index (κ2) is 8.62. The zero-order chi connectivity index (χ0) is 23.8. The lowest BCUT2D eigenvalue weighted by Crippen LogP contribution is -2.42. The Hall–Kier alpha value is -3.79. The first-order chi connectivity index (χ1) is 15.7. The van der Waals surface area contributed by atoms with Gasteiger partial charge in [-0.25, -0.2) is 14.2 Å². The number of urea groups is 1. The third-order valence-electron chi connectivity index (χ3n) is 5.38. The highest BCUT2D eigenvalue weighted by Gasteiger charge is 2.49. The molecule has 0 saturated carbocycles. The first-order valence-corrected chi connectivity index (χ1v) is 10.9. The average Bonchev–Trinajstić information content (AvgIpc) is 3.33. The SMILES string of the molecule is COc1ccc(C)cc1-c1csc(NC(=O)CN2C(=O)NC(C)(c3ccc(F)cc3)C2=O)n1. The molecule has 0 spiro atoms. The first-order valence-electron chi connectivity index (χ1n) is 10.0. The molecular weight excluding hydrogens is 447 g/mol. The molecule has 3 aromatic rings. The topological polar surface area (TPSA) is 101 Å². The molecule has 8 nitrogen and oxygen atoms in total. The summed E-state index contributed by atoms with van der Waals surface area (Å²) >= 11 is 1.22. The number of carbonyl (C=O) groups is 3. The van der Waals surface area contributed by atoms with E-state index < -0.39 is 35.7 Å². The van der Waals surface area contributed by atoms with Gasteiger partial charge < -0.3 is 15.4 Å². The molecule has 1 aliphatic heterocycles. The van der Waals surface area contributed by atoms with Crippen LogP contribution in [0.5, 0.6) is 5.75 Å². The van der Waals surface area contributed by atoms with Gasteiger partial charge in [0.1, 0.15) is 23.7 Å². The van der Waals surface area contributed by atoms with E-state index in [1.165, 1.54) is 42.5 Å². The molecule has 1 atom stereocenters. The number of hydrogen-bond acceptors (Lipinski definition) is 6. The number of aromatic nitrogens is 1. The predicted molar refractivity (Wildman–Crippen MR) is 121 cm³/mol. The summed E-state index contributed by atoms with van der Waals surface area (Å²) in [5.74, 6) is -0.970. The van der Waals surface area contributed by atoms with Crippen molar-refractivity contribution < 1.29 is 23.5 Å². The summed E-state index contributed by atoms with van der Waals surface area (Å²) in [7, 11) is 1.57. The minimum absolute atomic E-state index is 0.326. The van der Waals surface area contributed by atoms with E-state index in [9.17, 15) is 18.8 Å². The smallest absolute Gasteiger partial charge is 0.325 e. The number of nitrogens with one attached hydrogen (secondary N) is 2. The Morgan fingerprint density at radius 2 is 1.97 bits per heavy atom. The monoisotopic (exact) mass is 468 g/mol. The van der Waals surface area contributed by atoms with Crippen molar-refractivity contribution in [2.45, 2.75) is 19.4 Å². The number of ether oxygens (including phenoxy) is 1. The van der Waals surface area contributed by atoms with Crippen LogP contribution < -0.4 is 15.4 Å². The van der Waals surface area contributed by atoms with Crippen LogP contribution in [0.25, 0.3) is 11.3 Å². The van der Waals surface area contributed by atoms with E-state index in [-0.39, 0.29) is 0 Å². The lowest BCUT2D eigenvalue weighted by atomic mass is 9.92. The molecule has 2 N–H and O–H groups in total. The highest BCUT2D eigenvalue weighted by Crippen LogP contribution is 2.33. The second-order valence-electron chi connectivity index (χ2n) is 7.74. The Bertz CT molecular complexity index is 1240. The Labute approximate surface area is 193 Å². The summed E-state index contributed by atoms with van der Waals surface area (Å²) in [6.07, 6.45) is 0. The van der Waals surface area contributed by atoms with Crippen molar-refractivity contribution in [3.63, 3.8) is 0 Å². The molecule has 1 aliphatic rings. The molecule has 170 valence electrons. The largest absolute Gasteiger partial charge is 0.496 e. The minimum Gasteiger partial charge on any atom is -0.496 e. The van der Waals surface area contributed by atoms with Crippen LogP contribution in [0.4, 0.5) is 14.3 Å². The normalized spacial score (nSPS) is 17.8. The summed E-state index contributed by atoms with van der Waals surface area (Å²) in [5.41, 5.74) is 1.49. The fraction of sp³-hybridized carbons (Fsp3) is 0.217. The van der Waals surface area contributed by atoms with Gasteiger partial charge in [-0.05, 0) is 43.7 Å². The molecule has 33 heavy (non-hydrogen) atoms. The van der Waals surface area contributed by atoms with E-state index in [4.69, 9.17) is 4.74 Å². The Kier molecular flexibility index (Phi) is 5.86. The number of thiazole rings is 1. The number of anilines is 1. The van der Waals surface area contributed by atoms with Gasteiger partial charge in [0.25, 0.3) is 5.91 Å². The molecule has 1 fully saturated rings. The van der Waals surface area contributed by atoms with Crippen molar-refractivity contribution in [2.75, 3.05) is 19.0 Å². The molecule has 4 amide bonds. The van der Waals surface area contributed by atoms with Gasteiger partial charge in [-0.2, -0.15) is 0 Å². The first kappa shape index (κ1) is 22.4. The maximum absolute atomic E-state index is 13.3. The number of carbonyl (C=O) groups excluding carboxylic acids is 3. The Morgan fingerprint density at radius 1 is 1.24 bits per heavy atom. The summed E-state index contributed by atoms with van der Waals surface area (Å²) < 4.78 is 18.6. The van der Waals surface area contributed by atoms with Crippen LogP contribution in [0.3, 0.4) is 0 Å². The lowest BCUT2D eigenvalue weighted by molar-refractivity contribution is -0.133. The summed E-state index contributed by atoms with van der Waals surface area (Å²) in [5, 5.41) is 7.33. The summed E-state index contributed by atoms with van der Waals surface area (Å²) in [6, 6.07) is 10.3. The van der Waals surface area contributed by atoms with Crippen LogP contribution >= 0.6 is 11.3 Å². The zero-order valence-corrected chi connectivity index (χ0v) is 19.0. The van der Waals surface area contributed by atoms with Crippen LogP contribution in [0.15, 0.2) is 47.8 Å². The molecule has 1 unspecified atom stereocenters. The second-order valence-corrected chi connectivity index (χ2v) is 8.60. The molecule has 10 heteroatoms. The van der Waals surface area contributed by atoms with Gasteiger partial charge in [0.2, 0.25) is 5.91 Å². The van der Waals surface area contributed by atoms with Gasteiger partial charge in [0, 0.05) is 10.9 Å². The third kappa shape index (κ3) is 4.29. The van der Waals surface area contributed by atoms with Crippen LogP contribution in [0.2, 0.25) is 0 Å². The summed E-state index contributed by atoms with van der Waals surface area (Å²) in [4.78, 5) is 43.2. The van der Waals surface area contributed by atoms with Gasteiger partial charge in [-0.1, -0.05) is 23.8 Å². The van der Waals surface area contributed by atoms with Gasteiger partial charge >= 0.3 is 6.03 Å². The van der Waals surface area contributed by atoms with Gasteiger partial charge in [0.15, 0.2) is 5.13 Å². The zero-order valence-electron chi connectivity index (χ0n) is 18.1. The number of nitrogens with zero attached hydrogens (tertiary/aromatic N) is 2. The van der Waals surface area contributed by atoms with Crippen molar-refractivity contribution in [2.24, 2.45) is 0 Å². The van der Waals surface area contributed by atoms with Crippen molar-refractivity contribution in [1.29, 1.82) is 0 Å². The van der Waals surface area contributed by atoms with Crippen molar-refractivity contribution >= 4 is 34.3 Å². The van der Waals surface area contributed by atoms with Gasteiger partial charge in [0.05, 0.1) is 12.8 Å². The fourth-order valence-electron chi connectivity index (χ4n) is 3.60. The number of amides is 4. The molecule has 2 heterocycles. The van der Waals surface area contributed by atoms with Gasteiger partial charge in [-0.15, -0.1) is 11.3 Å². The predicted octanol–water partition coefficient (Wildman–Crippen LogP) is 3.67. The minimum atomic E-state index is -1.39. The number of aryl methyl sites for hydroxylation is 1. The number of hydrogen-bond donors (Lipinski definition) is 2. The number of halogens is 1. The number of rotatable bonds is 6. The quantitative estimate of drug-likeness (QED) is 0.538. The maximum Gasteiger partial charge on any atom is 0.325 e. The highest BCUT2D eigenvalue weighted by atomic mass is 32.1. The maximum atomic E-state index is 13.3. The molecule has 0 bridgehead atoms. The molecule has 0 aliphatic carbocycles. The number of imide groups is 1. The molecule has 4 rings (SSSR count). The van der Waals surface area contributed by atoms with Crippen molar-refractivity contribution in [3.8, 4) is 17.0 Å². The van der Waals surface area contributed by atoms with Crippen molar-refractivity contribution in [1.82, 2.24) is 15.2 Å². The third-order valence-corrected chi connectivity index (χ3v) is 6.14. The van der Waals surface area contributed by atoms with Crippen molar-refractivity contribution in [3.05, 3.63) is 64.8 Å². The van der Waals surface area contributed by atoms with E-state index in [1.807, 2.05) is 25.1 Å². The van der Waals surface area contributed by atoms with E-state index in [0.29, 0.717) is 22.1 Å². The summed E-state index contributed by atoms with van der Waals surface area (Å²) in [6.45, 7) is 2.99. The van der Waals surface area contributed by atoms with Gasteiger partial charge in [-0.3, -0.25) is 14.5 Å². The van der Waals surface area contributed by atoms with E-state index in [2.05, 4.69) is 15.6 Å². The van der Waals surface area contributed by atoms with E-state index in [1.54, 1.807) is 12.5 Å². The Morgan fingerprint density at radius 3 is 2.67 bits per heavy atom. The lowest BCUT2D eigenvalue weighted by Gasteiger charge is -2.22. The number of methoxy groups -OCH3 is 1. The van der Waals surface area contributed by atoms with E-state index in [0.717, 1.165) is 16.0 Å². The van der Waals surface area contributed by atoms with Crippen LogP contribution in [-0.2, 0) is 15.1 Å². The molecule has 1 saturated heterocycles. The molecule has 1 aromatic heterocycles. The average molecular weight is 469 g/mol. The van der Waals surface area contributed by atoms with E-state index >= 15 is 0 Å². The molecule has 0 radical (unpaired) electrons. The Balaban J connectivity index is 1.47. The molecule has 2 aromatic carbocycles. The fourth-order valence-corrected chi connectivity index (χ4v) is 4.33. The standard InChI is InChI=1S/C23H21FN4O4S/c1-13-4-9-18(32-3)16(10-13)17-12-33-21(25-17)26-19(29)11-28-20(30)23(2,27-22(28)31)14-5-7-15(24)8-6-14/h4-10,12H,11H2,1-3H3,(H,27,31)(H,25,26,29). The van der Waals surface area contributed by atoms with Crippen LogP contribution in [0.1, 0.15) is 18.1 Å². The highest BCUT2D eigenvalue weighted by molar-refractivity contribution is 7.14. The number of benzene rings is 2. The van der Waals surface area contributed by atoms with Crippen LogP contribution in [-0.4, -0.2) is 41.4 Å².